The quantitative estimate of drug-likeness (QED) is 0.226. The van der Waals surface area contributed by atoms with Crippen molar-refractivity contribution >= 4 is 50.7 Å². The van der Waals surface area contributed by atoms with Gasteiger partial charge in [0.05, 0.1) is 10.6 Å². The zero-order valence-corrected chi connectivity index (χ0v) is 25.5. The molecule has 4 aromatic carbocycles. The first-order valence-electron chi connectivity index (χ1n) is 13.2. The Labute approximate surface area is 256 Å². The first-order chi connectivity index (χ1) is 20.1. The monoisotopic (exact) mass is 623 g/mol. The molecular weight excluding hydrogens is 593 g/mol. The number of hydrogen-bond donors (Lipinski definition) is 1. The van der Waals surface area contributed by atoms with Gasteiger partial charge in [0, 0.05) is 30.1 Å². The molecule has 0 aliphatic carbocycles. The summed E-state index contributed by atoms with van der Waals surface area (Å²) in [5.74, 6) is -0.936. The fourth-order valence-electron chi connectivity index (χ4n) is 4.53. The van der Waals surface area contributed by atoms with Crippen LogP contribution >= 0.6 is 23.2 Å². The number of amides is 2. The fraction of sp³-hybridized carbons (Fsp3) is 0.188. The molecule has 0 heterocycles. The number of rotatable bonds is 11. The molecule has 0 saturated heterocycles. The van der Waals surface area contributed by atoms with E-state index in [0.29, 0.717) is 21.3 Å². The van der Waals surface area contributed by atoms with E-state index in [4.69, 9.17) is 23.2 Å². The second-order valence-corrected chi connectivity index (χ2v) is 12.5. The number of aryl methyl sites for hydroxylation is 1. The van der Waals surface area contributed by atoms with Crippen LogP contribution in [0.1, 0.15) is 16.7 Å². The first kappa shape index (κ1) is 31.1. The second-order valence-electron chi connectivity index (χ2n) is 9.77. The number of anilines is 1. The Morgan fingerprint density at radius 3 is 2.07 bits per heavy atom. The van der Waals surface area contributed by atoms with Crippen molar-refractivity contribution < 1.29 is 18.0 Å². The predicted octanol–water partition coefficient (Wildman–Crippen LogP) is 5.88. The zero-order valence-electron chi connectivity index (χ0n) is 23.2. The molecule has 0 aliphatic rings. The molecule has 218 valence electrons. The Kier molecular flexibility index (Phi) is 10.3. The molecule has 0 fully saturated rings. The van der Waals surface area contributed by atoms with Crippen LogP contribution in [0.25, 0.3) is 0 Å². The molecule has 1 atom stereocenters. The van der Waals surface area contributed by atoms with Gasteiger partial charge in [0.15, 0.2) is 0 Å². The van der Waals surface area contributed by atoms with Gasteiger partial charge >= 0.3 is 0 Å². The van der Waals surface area contributed by atoms with E-state index in [9.17, 15) is 18.0 Å². The molecule has 4 rings (SSSR count). The second kappa shape index (κ2) is 13.9. The molecule has 42 heavy (non-hydrogen) atoms. The van der Waals surface area contributed by atoms with Crippen molar-refractivity contribution in [3.63, 3.8) is 0 Å². The van der Waals surface area contributed by atoms with Crippen LogP contribution in [0.2, 0.25) is 10.0 Å². The summed E-state index contributed by atoms with van der Waals surface area (Å²) in [5, 5.41) is 3.53. The molecule has 0 spiro atoms. The third-order valence-electron chi connectivity index (χ3n) is 6.76. The van der Waals surface area contributed by atoms with E-state index in [1.807, 2.05) is 37.3 Å². The lowest BCUT2D eigenvalue weighted by molar-refractivity contribution is -0.139. The maximum absolute atomic E-state index is 14.3. The smallest absolute Gasteiger partial charge is 0.264 e. The van der Waals surface area contributed by atoms with Crippen LogP contribution in [0, 0.1) is 6.92 Å². The molecule has 7 nitrogen and oxygen atoms in total. The first-order valence-corrected chi connectivity index (χ1v) is 15.4. The number of likely N-dealkylation sites (N-methyl/N-ethyl adjacent to an activating group) is 1. The summed E-state index contributed by atoms with van der Waals surface area (Å²) in [6.07, 6.45) is 0.223. The summed E-state index contributed by atoms with van der Waals surface area (Å²) >= 11 is 12.3. The maximum Gasteiger partial charge on any atom is 0.264 e. The zero-order chi connectivity index (χ0) is 30.3. The van der Waals surface area contributed by atoms with Crippen LogP contribution in [0.3, 0.4) is 0 Å². The molecule has 0 bridgehead atoms. The highest BCUT2D eigenvalue weighted by atomic mass is 35.5. The van der Waals surface area contributed by atoms with Gasteiger partial charge in [-0.3, -0.25) is 13.9 Å². The van der Waals surface area contributed by atoms with E-state index in [2.05, 4.69) is 5.32 Å². The summed E-state index contributed by atoms with van der Waals surface area (Å²) in [6.45, 7) is 1.38. The SMILES string of the molecule is CNC(=O)C(Cc1ccccc1)N(Cc1cccc(Cl)c1)C(=O)CN(c1ccc(C)cc1)S(=O)(=O)c1ccc(Cl)cc1. The number of sulfonamides is 1. The number of halogens is 2. The number of carbonyl (C=O) groups excluding carboxylic acids is 2. The van der Waals surface area contributed by atoms with Crippen LogP contribution in [-0.2, 0) is 32.6 Å². The number of nitrogens with one attached hydrogen (secondary N) is 1. The molecule has 1 unspecified atom stereocenters. The van der Waals surface area contributed by atoms with E-state index in [1.54, 1.807) is 48.5 Å². The van der Waals surface area contributed by atoms with Gasteiger partial charge in [0.25, 0.3) is 10.0 Å². The summed E-state index contributed by atoms with van der Waals surface area (Å²) in [6, 6.07) is 28.0. The average molecular weight is 625 g/mol. The third kappa shape index (κ3) is 7.70. The van der Waals surface area contributed by atoms with Crippen LogP contribution in [0.4, 0.5) is 5.69 Å². The maximum atomic E-state index is 14.3. The number of carbonyl (C=O) groups is 2. The van der Waals surface area contributed by atoms with Crippen LogP contribution in [0.15, 0.2) is 108 Å². The minimum atomic E-state index is -4.20. The number of hydrogen-bond acceptors (Lipinski definition) is 4. The highest BCUT2D eigenvalue weighted by Crippen LogP contribution is 2.26. The van der Waals surface area contributed by atoms with Crippen molar-refractivity contribution in [3.8, 4) is 0 Å². The van der Waals surface area contributed by atoms with E-state index in [0.717, 1.165) is 15.4 Å². The van der Waals surface area contributed by atoms with Crippen molar-refractivity contribution in [1.29, 1.82) is 0 Å². The molecule has 0 aliphatic heterocycles. The van der Waals surface area contributed by atoms with Gasteiger partial charge < -0.3 is 10.2 Å². The number of benzene rings is 4. The highest BCUT2D eigenvalue weighted by Gasteiger charge is 2.34. The molecular formula is C32H31Cl2N3O4S. The Hall–Kier alpha value is -3.85. The largest absolute Gasteiger partial charge is 0.357 e. The van der Waals surface area contributed by atoms with Crippen LogP contribution in [-0.4, -0.2) is 44.8 Å². The Morgan fingerprint density at radius 2 is 1.45 bits per heavy atom. The van der Waals surface area contributed by atoms with E-state index in [-0.39, 0.29) is 23.8 Å². The standard InChI is InChI=1S/C32H31Cl2N3O4S/c1-23-11-15-28(16-12-23)37(42(40,41)29-17-13-26(33)14-18-29)22-31(38)36(21-25-9-6-10-27(34)19-25)30(32(39)35-2)20-24-7-4-3-5-8-24/h3-19,30H,20-22H2,1-2H3,(H,35,39). The molecule has 2 amide bonds. The molecule has 4 aromatic rings. The van der Waals surface area contributed by atoms with E-state index < -0.39 is 28.5 Å². The normalized spacial score (nSPS) is 11.9. The van der Waals surface area contributed by atoms with Crippen molar-refractivity contribution in [2.75, 3.05) is 17.9 Å². The van der Waals surface area contributed by atoms with Crippen molar-refractivity contribution in [2.24, 2.45) is 0 Å². The topological polar surface area (TPSA) is 86.8 Å². The van der Waals surface area contributed by atoms with Gasteiger partial charge in [0.2, 0.25) is 11.8 Å². The lowest BCUT2D eigenvalue weighted by atomic mass is 10.0. The van der Waals surface area contributed by atoms with Crippen molar-refractivity contribution in [2.45, 2.75) is 30.8 Å². The predicted molar refractivity (Wildman–Crippen MR) is 167 cm³/mol. The van der Waals surface area contributed by atoms with Crippen molar-refractivity contribution in [1.82, 2.24) is 10.2 Å². The summed E-state index contributed by atoms with van der Waals surface area (Å²) in [7, 11) is -2.69. The molecule has 0 aromatic heterocycles. The van der Waals surface area contributed by atoms with Gasteiger partial charge in [-0.25, -0.2) is 8.42 Å². The average Bonchev–Trinajstić information content (AvgIpc) is 2.98. The summed E-state index contributed by atoms with van der Waals surface area (Å²) in [4.78, 5) is 28.9. The van der Waals surface area contributed by atoms with Crippen molar-refractivity contribution in [3.05, 3.63) is 130 Å². The molecule has 0 radical (unpaired) electrons. The Morgan fingerprint density at radius 1 is 0.810 bits per heavy atom. The lowest BCUT2D eigenvalue weighted by Gasteiger charge is -2.33. The van der Waals surface area contributed by atoms with Gasteiger partial charge in [-0.1, -0.05) is 83.4 Å². The van der Waals surface area contributed by atoms with Gasteiger partial charge in [-0.2, -0.15) is 0 Å². The minimum Gasteiger partial charge on any atom is -0.357 e. The summed E-state index contributed by atoms with van der Waals surface area (Å²) in [5.41, 5.74) is 2.78. The molecule has 0 saturated carbocycles. The van der Waals surface area contributed by atoms with Crippen LogP contribution in [0.5, 0.6) is 0 Å². The lowest BCUT2D eigenvalue weighted by Crippen LogP contribution is -2.53. The van der Waals surface area contributed by atoms with Gasteiger partial charge in [0.1, 0.15) is 12.6 Å². The Bertz CT molecular complexity index is 1630. The number of nitrogens with zero attached hydrogens (tertiary/aromatic N) is 2. The molecule has 10 heteroatoms. The highest BCUT2D eigenvalue weighted by molar-refractivity contribution is 7.92. The van der Waals surface area contributed by atoms with E-state index >= 15 is 0 Å². The molecule has 1 N–H and O–H groups in total. The summed E-state index contributed by atoms with van der Waals surface area (Å²) < 4.78 is 29.0. The third-order valence-corrected chi connectivity index (χ3v) is 9.04. The van der Waals surface area contributed by atoms with Crippen LogP contribution < -0.4 is 9.62 Å². The van der Waals surface area contributed by atoms with E-state index in [1.165, 1.54) is 36.2 Å². The Balaban J connectivity index is 1.78. The van der Waals surface area contributed by atoms with Gasteiger partial charge in [-0.15, -0.1) is 0 Å². The van der Waals surface area contributed by atoms with Gasteiger partial charge in [-0.05, 0) is 66.6 Å². The minimum absolute atomic E-state index is 0.0196. The fourth-order valence-corrected chi connectivity index (χ4v) is 6.28.